The van der Waals surface area contributed by atoms with Gasteiger partial charge in [-0.15, -0.1) is 11.6 Å². The molecule has 0 aromatic heterocycles. The number of unbranched alkanes of at least 4 members (excludes halogenated alkanes) is 3. The molecule has 0 bridgehead atoms. The fourth-order valence-electron chi connectivity index (χ4n) is 1.35. The maximum atomic E-state index is 6.08. The third kappa shape index (κ3) is 2.51. The first-order valence-electron chi connectivity index (χ1n) is 4.66. The molecule has 0 radical (unpaired) electrons. The van der Waals surface area contributed by atoms with Crippen molar-refractivity contribution >= 4 is 23.2 Å². The molecule has 0 spiro atoms. The molecule has 1 heterocycles. The van der Waals surface area contributed by atoms with Gasteiger partial charge in [-0.25, -0.2) is 0 Å². The summed E-state index contributed by atoms with van der Waals surface area (Å²) in [5, 5.41) is -0.518. The van der Waals surface area contributed by atoms with Crippen LogP contribution in [0.1, 0.15) is 39.0 Å². The average Bonchev–Trinajstić information content (AvgIpc) is 2.09. The van der Waals surface area contributed by atoms with Crippen LogP contribution in [0.3, 0.4) is 0 Å². The Hall–Kier alpha value is 0.540. The summed E-state index contributed by atoms with van der Waals surface area (Å²) in [4.78, 5) is 0. The molecule has 0 saturated carbocycles. The summed E-state index contributed by atoms with van der Waals surface area (Å²) in [5.41, 5.74) is 0. The molecule has 1 nitrogen and oxygen atoms in total. The first kappa shape index (κ1) is 10.6. The Labute approximate surface area is 84.4 Å². The fourth-order valence-corrected chi connectivity index (χ4v) is 1.84. The first-order valence-corrected chi connectivity index (χ1v) is 5.47. The van der Waals surface area contributed by atoms with Crippen molar-refractivity contribution in [2.45, 2.75) is 49.5 Å². The van der Waals surface area contributed by atoms with E-state index in [2.05, 4.69) is 6.92 Å². The molecule has 3 heteroatoms. The van der Waals surface area contributed by atoms with Gasteiger partial charge in [-0.3, -0.25) is 0 Å². The summed E-state index contributed by atoms with van der Waals surface area (Å²) in [5.74, 6) is 0. The Kier molecular flexibility index (Phi) is 4.15. The SMILES string of the molecule is CCCCCCC1(Cl)OCC1Cl. The smallest absolute Gasteiger partial charge is 0.160 e. The molecule has 0 N–H and O–H groups in total. The predicted molar refractivity (Wildman–Crippen MR) is 52.9 cm³/mol. The van der Waals surface area contributed by atoms with Crippen molar-refractivity contribution in [1.29, 1.82) is 0 Å². The van der Waals surface area contributed by atoms with Crippen molar-refractivity contribution in [2.75, 3.05) is 6.61 Å². The van der Waals surface area contributed by atoms with Gasteiger partial charge < -0.3 is 4.74 Å². The second-order valence-corrected chi connectivity index (χ2v) is 4.54. The Morgan fingerprint density at radius 3 is 2.58 bits per heavy atom. The van der Waals surface area contributed by atoms with Crippen LogP contribution in [-0.2, 0) is 4.74 Å². The number of ether oxygens (including phenoxy) is 1. The normalized spacial score (nSPS) is 34.8. The lowest BCUT2D eigenvalue weighted by Gasteiger charge is -2.41. The molecule has 0 aromatic rings. The predicted octanol–water partition coefficient (Wildman–Crippen LogP) is 3.53. The van der Waals surface area contributed by atoms with E-state index in [0.717, 1.165) is 12.8 Å². The molecule has 12 heavy (non-hydrogen) atoms. The standard InChI is InChI=1S/C9H16Cl2O/c1-2-3-4-5-6-9(11)8(10)7-12-9/h8H,2-7H2,1H3. The van der Waals surface area contributed by atoms with E-state index >= 15 is 0 Å². The number of rotatable bonds is 5. The lowest BCUT2D eigenvalue weighted by Crippen LogP contribution is -2.50. The van der Waals surface area contributed by atoms with E-state index in [1.54, 1.807) is 0 Å². The number of alkyl halides is 2. The zero-order chi connectivity index (χ0) is 9.03. The molecule has 2 atom stereocenters. The van der Waals surface area contributed by atoms with Gasteiger partial charge in [0.25, 0.3) is 0 Å². The quantitative estimate of drug-likeness (QED) is 0.499. The molecular weight excluding hydrogens is 195 g/mol. The van der Waals surface area contributed by atoms with E-state index in [1.807, 2.05) is 0 Å². The van der Waals surface area contributed by atoms with E-state index in [4.69, 9.17) is 27.9 Å². The molecule has 2 unspecified atom stereocenters. The van der Waals surface area contributed by atoms with E-state index < -0.39 is 5.06 Å². The number of hydrogen-bond acceptors (Lipinski definition) is 1. The highest BCUT2D eigenvalue weighted by molar-refractivity contribution is 6.32. The van der Waals surface area contributed by atoms with Crippen LogP contribution in [0.5, 0.6) is 0 Å². The molecule has 0 aromatic carbocycles. The highest BCUT2D eigenvalue weighted by Crippen LogP contribution is 2.39. The largest absolute Gasteiger partial charge is 0.356 e. The van der Waals surface area contributed by atoms with Gasteiger partial charge in [0, 0.05) is 0 Å². The minimum atomic E-state index is -0.532. The molecule has 1 aliphatic heterocycles. The average molecular weight is 211 g/mol. The van der Waals surface area contributed by atoms with E-state index in [-0.39, 0.29) is 5.38 Å². The topological polar surface area (TPSA) is 9.23 Å². The minimum absolute atomic E-state index is 0.0146. The van der Waals surface area contributed by atoms with Gasteiger partial charge in [-0.2, -0.15) is 0 Å². The molecule has 1 fully saturated rings. The van der Waals surface area contributed by atoms with Gasteiger partial charge in [0.15, 0.2) is 5.06 Å². The molecule has 1 rings (SSSR count). The van der Waals surface area contributed by atoms with Gasteiger partial charge >= 0.3 is 0 Å². The number of halogens is 2. The molecule has 1 saturated heterocycles. The molecule has 1 aliphatic rings. The van der Waals surface area contributed by atoms with Crippen molar-refractivity contribution in [3.05, 3.63) is 0 Å². The van der Waals surface area contributed by atoms with Crippen molar-refractivity contribution < 1.29 is 4.74 Å². The molecular formula is C9H16Cl2O. The third-order valence-corrected chi connectivity index (χ3v) is 3.46. The summed E-state index contributed by atoms with van der Waals surface area (Å²) in [6, 6.07) is 0. The van der Waals surface area contributed by atoms with Crippen LogP contribution in [0.15, 0.2) is 0 Å². The van der Waals surface area contributed by atoms with Crippen LogP contribution in [-0.4, -0.2) is 17.0 Å². The lowest BCUT2D eigenvalue weighted by molar-refractivity contribution is -0.0846. The van der Waals surface area contributed by atoms with Crippen LogP contribution in [0.4, 0.5) is 0 Å². The summed E-state index contributed by atoms with van der Waals surface area (Å²) in [6.07, 6.45) is 5.78. The zero-order valence-corrected chi connectivity index (χ0v) is 9.00. The Bertz CT molecular complexity index is 140. The highest BCUT2D eigenvalue weighted by Gasteiger charge is 2.45. The zero-order valence-electron chi connectivity index (χ0n) is 7.48. The van der Waals surface area contributed by atoms with Crippen LogP contribution < -0.4 is 0 Å². The molecule has 0 amide bonds. The van der Waals surface area contributed by atoms with Crippen molar-refractivity contribution in [3.8, 4) is 0 Å². The van der Waals surface area contributed by atoms with Crippen LogP contribution in [0, 0.1) is 0 Å². The van der Waals surface area contributed by atoms with Gasteiger partial charge in [0.2, 0.25) is 0 Å². The fraction of sp³-hybridized carbons (Fsp3) is 1.00. The molecule has 0 aliphatic carbocycles. The second-order valence-electron chi connectivity index (χ2n) is 3.38. The summed E-state index contributed by atoms with van der Waals surface area (Å²) < 4.78 is 5.24. The maximum absolute atomic E-state index is 6.08. The second kappa shape index (κ2) is 4.69. The summed E-state index contributed by atoms with van der Waals surface area (Å²) >= 11 is 12.0. The summed E-state index contributed by atoms with van der Waals surface area (Å²) in [7, 11) is 0. The Balaban J connectivity index is 2.06. The third-order valence-electron chi connectivity index (χ3n) is 2.31. The van der Waals surface area contributed by atoms with Gasteiger partial charge in [-0.05, 0) is 12.8 Å². The van der Waals surface area contributed by atoms with Crippen molar-refractivity contribution in [3.63, 3.8) is 0 Å². The maximum Gasteiger partial charge on any atom is 0.160 e. The van der Waals surface area contributed by atoms with Crippen LogP contribution in [0.2, 0.25) is 0 Å². The van der Waals surface area contributed by atoms with Gasteiger partial charge in [-0.1, -0.05) is 37.8 Å². The van der Waals surface area contributed by atoms with Crippen molar-refractivity contribution in [2.24, 2.45) is 0 Å². The van der Waals surface area contributed by atoms with E-state index in [0.29, 0.717) is 6.61 Å². The lowest BCUT2D eigenvalue weighted by atomic mass is 10.0. The van der Waals surface area contributed by atoms with Gasteiger partial charge in [0.1, 0.15) is 5.38 Å². The highest BCUT2D eigenvalue weighted by atomic mass is 35.5. The van der Waals surface area contributed by atoms with E-state index in [9.17, 15) is 0 Å². The number of hydrogen-bond donors (Lipinski definition) is 0. The summed E-state index contributed by atoms with van der Waals surface area (Å²) in [6.45, 7) is 2.81. The van der Waals surface area contributed by atoms with Crippen LogP contribution in [0.25, 0.3) is 0 Å². The Morgan fingerprint density at radius 1 is 1.42 bits per heavy atom. The first-order chi connectivity index (χ1) is 5.69. The van der Waals surface area contributed by atoms with Crippen molar-refractivity contribution in [1.82, 2.24) is 0 Å². The van der Waals surface area contributed by atoms with Gasteiger partial charge in [0.05, 0.1) is 6.61 Å². The van der Waals surface area contributed by atoms with Crippen LogP contribution >= 0.6 is 23.2 Å². The monoisotopic (exact) mass is 210 g/mol. The molecule has 72 valence electrons. The Morgan fingerprint density at radius 2 is 2.17 bits per heavy atom. The minimum Gasteiger partial charge on any atom is -0.356 e. The van der Waals surface area contributed by atoms with E-state index in [1.165, 1.54) is 19.3 Å².